The average molecular weight is 966 g/mol. The number of thioether (sulfide) groups is 1. The molecule has 16 heteroatoms. The summed E-state index contributed by atoms with van der Waals surface area (Å²) in [5, 5.41) is 10.1. The van der Waals surface area contributed by atoms with Crippen molar-refractivity contribution in [1.29, 1.82) is 0 Å². The van der Waals surface area contributed by atoms with Crippen LogP contribution in [0.1, 0.15) is 65.0 Å². The van der Waals surface area contributed by atoms with Crippen molar-refractivity contribution < 1.29 is 23.5 Å². The number of para-hydroxylation sites is 4. The highest BCUT2D eigenvalue weighted by Crippen LogP contribution is 2.61. The molecule has 0 aliphatic carbocycles. The lowest BCUT2D eigenvalue weighted by molar-refractivity contribution is -0.123. The Morgan fingerprint density at radius 2 is 1.14 bits per heavy atom. The highest BCUT2D eigenvalue weighted by Gasteiger charge is 2.63. The maximum Gasteiger partial charge on any atom is 0.295 e. The van der Waals surface area contributed by atoms with E-state index in [1.54, 1.807) is 51.1 Å². The molecule has 4 aliphatic rings. The number of anilines is 3. The number of aryl methyl sites for hydroxylation is 2. The quantitative estimate of drug-likeness (QED) is 0.118. The van der Waals surface area contributed by atoms with E-state index < -0.39 is 27.6 Å². The standard InChI is InChI=1S/C55H48FN9O5S/c1-34-46-50(63(57-34)38-20-10-7-11-21-38)70-51-47(35(2)58-64(51)39-22-12-8-13-23-39)54(46)41-26-16-17-27-43(41)60(52(54)68)30-18-5-6-19-31-61-44-29-28-37(56)32-42(44)55(53(61)69)62(45(66)33-71-55)48-36(3)59(4)65(49(48)67)40-24-14-9-15-25-40/h7-17,20-29,32H,5-6,18-19,30-31,33H2,1-4H3. The van der Waals surface area contributed by atoms with Gasteiger partial charge >= 0.3 is 0 Å². The van der Waals surface area contributed by atoms with Gasteiger partial charge in [-0.05, 0) is 94.3 Å². The van der Waals surface area contributed by atoms with Crippen molar-refractivity contribution >= 4 is 46.5 Å². The van der Waals surface area contributed by atoms with Gasteiger partial charge in [0.05, 0.1) is 56.7 Å². The molecule has 12 rings (SSSR count). The largest absolute Gasteiger partial charge is 0.420 e. The first-order valence-electron chi connectivity index (χ1n) is 23.8. The number of hydrogen-bond donors (Lipinski definition) is 0. The van der Waals surface area contributed by atoms with Crippen LogP contribution in [0.25, 0.3) is 17.1 Å². The zero-order valence-electron chi connectivity index (χ0n) is 39.5. The van der Waals surface area contributed by atoms with E-state index in [0.717, 1.165) is 40.8 Å². The molecule has 7 heterocycles. The van der Waals surface area contributed by atoms with Gasteiger partial charge in [-0.1, -0.05) is 85.6 Å². The van der Waals surface area contributed by atoms with E-state index in [9.17, 15) is 9.59 Å². The summed E-state index contributed by atoms with van der Waals surface area (Å²) in [5.74, 6) is -0.592. The van der Waals surface area contributed by atoms with E-state index in [4.69, 9.17) is 14.9 Å². The molecule has 356 valence electrons. The third-order valence-electron chi connectivity index (χ3n) is 14.5. The maximum atomic E-state index is 15.8. The number of unbranched alkanes of at least 4 members (excludes halogenated alkanes) is 3. The normalized spacial score (nSPS) is 17.4. The van der Waals surface area contributed by atoms with Gasteiger partial charge in [0.1, 0.15) is 16.9 Å². The summed E-state index contributed by atoms with van der Waals surface area (Å²) < 4.78 is 28.9. The van der Waals surface area contributed by atoms with Crippen molar-refractivity contribution in [1.82, 2.24) is 28.9 Å². The second-order valence-corrected chi connectivity index (χ2v) is 19.6. The molecule has 1 unspecified atom stereocenters. The summed E-state index contributed by atoms with van der Waals surface area (Å²) in [6.45, 7) is 6.34. The second kappa shape index (κ2) is 16.6. The first-order valence-corrected chi connectivity index (χ1v) is 24.8. The number of hydrogen-bond acceptors (Lipinski definition) is 8. The van der Waals surface area contributed by atoms with Crippen LogP contribution in [-0.2, 0) is 31.7 Å². The summed E-state index contributed by atoms with van der Waals surface area (Å²) in [4.78, 5) is 62.4. The van der Waals surface area contributed by atoms with Crippen molar-refractivity contribution in [3.63, 3.8) is 0 Å². The number of amides is 3. The Kier molecular flexibility index (Phi) is 10.3. The minimum atomic E-state index is -1.66. The van der Waals surface area contributed by atoms with Crippen molar-refractivity contribution in [3.05, 3.63) is 189 Å². The first kappa shape index (κ1) is 44.2. The predicted octanol–water partition coefficient (Wildman–Crippen LogP) is 8.94. The lowest BCUT2D eigenvalue weighted by atomic mass is 9.69. The predicted molar refractivity (Wildman–Crippen MR) is 270 cm³/mol. The first-order chi connectivity index (χ1) is 34.5. The Morgan fingerprint density at radius 3 is 1.73 bits per heavy atom. The van der Waals surface area contributed by atoms with E-state index in [-0.39, 0.29) is 23.3 Å². The summed E-state index contributed by atoms with van der Waals surface area (Å²) in [5.41, 5.74) is 6.22. The zero-order valence-corrected chi connectivity index (χ0v) is 40.3. The van der Waals surface area contributed by atoms with E-state index in [0.29, 0.717) is 89.3 Å². The van der Waals surface area contributed by atoms with Gasteiger partial charge in [-0.2, -0.15) is 10.2 Å². The van der Waals surface area contributed by atoms with Crippen LogP contribution in [-0.4, -0.2) is 65.5 Å². The van der Waals surface area contributed by atoms with Crippen LogP contribution >= 0.6 is 11.8 Å². The smallest absolute Gasteiger partial charge is 0.295 e. The number of carbonyl (C=O) groups is 3. The van der Waals surface area contributed by atoms with Crippen molar-refractivity contribution in [3.8, 4) is 28.8 Å². The molecular weight excluding hydrogens is 918 g/mol. The summed E-state index contributed by atoms with van der Waals surface area (Å²) >= 11 is 1.12. The molecule has 0 radical (unpaired) electrons. The fourth-order valence-corrected chi connectivity index (χ4v) is 12.7. The number of rotatable bonds is 11. The SMILES string of the molecule is Cc1nn(-c2ccccc2)c2c1C1(C(=O)N(CCCCCCN3C(=O)C4(SCC(=O)N4c4c(C)n(C)n(-c5ccccc5)c4=O)c4cc(F)ccc43)c3ccccc31)c1c(C)nn(-c3ccccc3)c1O2. The Bertz CT molecular complexity index is 3460. The fourth-order valence-electron chi connectivity index (χ4n) is 11.4. The Labute approximate surface area is 412 Å². The Morgan fingerprint density at radius 1 is 0.620 bits per heavy atom. The molecule has 5 aromatic carbocycles. The fraction of sp³-hybridized carbons (Fsp3) is 0.236. The van der Waals surface area contributed by atoms with Crippen molar-refractivity contribution in [2.75, 3.05) is 33.5 Å². The number of halogens is 1. The number of fused-ring (bicyclic) bond motifs is 8. The van der Waals surface area contributed by atoms with E-state index in [1.165, 1.54) is 21.7 Å². The van der Waals surface area contributed by atoms with E-state index in [2.05, 4.69) is 0 Å². The number of benzene rings is 5. The molecular formula is C55H48FN9O5S. The highest BCUT2D eigenvalue weighted by molar-refractivity contribution is 8.02. The molecule has 71 heavy (non-hydrogen) atoms. The van der Waals surface area contributed by atoms with Gasteiger partial charge in [-0.3, -0.25) is 28.8 Å². The monoisotopic (exact) mass is 965 g/mol. The molecule has 0 N–H and O–H groups in total. The lowest BCUT2D eigenvalue weighted by Crippen LogP contribution is -2.51. The molecule has 3 amide bonds. The molecule has 8 aromatic rings. The van der Waals surface area contributed by atoms with Crippen LogP contribution in [0.3, 0.4) is 0 Å². The van der Waals surface area contributed by atoms with Crippen molar-refractivity contribution in [2.45, 2.75) is 56.7 Å². The molecule has 3 aromatic heterocycles. The number of carbonyl (C=O) groups excluding carboxylic acids is 3. The lowest BCUT2D eigenvalue weighted by Gasteiger charge is -2.34. The van der Waals surface area contributed by atoms with Crippen LogP contribution < -0.4 is 25.0 Å². The van der Waals surface area contributed by atoms with Gasteiger partial charge in [0.25, 0.3) is 11.5 Å². The van der Waals surface area contributed by atoms with Gasteiger partial charge < -0.3 is 14.5 Å². The molecule has 1 atom stereocenters. The molecule has 1 saturated heterocycles. The van der Waals surface area contributed by atoms with E-state index >= 15 is 14.0 Å². The van der Waals surface area contributed by atoms with Crippen LogP contribution in [0.5, 0.6) is 11.8 Å². The summed E-state index contributed by atoms with van der Waals surface area (Å²) in [7, 11) is 1.74. The molecule has 1 fully saturated rings. The third-order valence-corrected chi connectivity index (χ3v) is 15.9. The number of nitrogens with zero attached hydrogens (tertiary/aromatic N) is 9. The zero-order chi connectivity index (χ0) is 48.9. The van der Waals surface area contributed by atoms with Crippen LogP contribution in [0.2, 0.25) is 0 Å². The van der Waals surface area contributed by atoms with Gasteiger partial charge in [0.15, 0.2) is 0 Å². The van der Waals surface area contributed by atoms with Gasteiger partial charge in [-0.25, -0.2) is 18.4 Å². The molecule has 0 saturated carbocycles. The minimum absolute atomic E-state index is 0.0617. The van der Waals surface area contributed by atoms with Crippen LogP contribution in [0.4, 0.5) is 21.5 Å². The minimum Gasteiger partial charge on any atom is -0.420 e. The maximum absolute atomic E-state index is 15.8. The second-order valence-electron chi connectivity index (χ2n) is 18.5. The van der Waals surface area contributed by atoms with Crippen LogP contribution in [0, 0.1) is 26.6 Å². The van der Waals surface area contributed by atoms with E-state index in [1.807, 2.05) is 122 Å². The Balaban J connectivity index is 0.822. The summed E-state index contributed by atoms with van der Waals surface area (Å²) in [6.07, 6.45) is 2.71. The highest BCUT2D eigenvalue weighted by atomic mass is 32.2. The molecule has 2 spiro atoms. The molecule has 14 nitrogen and oxygen atoms in total. The van der Waals surface area contributed by atoms with Gasteiger partial charge in [-0.15, -0.1) is 11.8 Å². The Hall–Kier alpha value is -7.98. The third kappa shape index (κ3) is 6.25. The van der Waals surface area contributed by atoms with Gasteiger partial charge in [0.2, 0.25) is 28.4 Å². The van der Waals surface area contributed by atoms with Crippen molar-refractivity contribution in [2.24, 2.45) is 7.05 Å². The number of ether oxygens (including phenoxy) is 1. The number of aromatic nitrogens is 6. The topological polar surface area (TPSA) is 133 Å². The van der Waals surface area contributed by atoms with Gasteiger partial charge in [0, 0.05) is 37.0 Å². The van der Waals surface area contributed by atoms with Crippen LogP contribution in [0.15, 0.2) is 138 Å². The summed E-state index contributed by atoms with van der Waals surface area (Å²) in [6, 6.07) is 40.8. The molecule has 0 bridgehead atoms. The molecule has 4 aliphatic heterocycles. The average Bonchev–Trinajstić information content (AvgIpc) is 4.18.